The Morgan fingerprint density at radius 1 is 1.35 bits per heavy atom. The molecule has 2 rings (SSSR count). The van der Waals surface area contributed by atoms with Crippen molar-refractivity contribution in [2.45, 2.75) is 37.2 Å². The summed E-state index contributed by atoms with van der Waals surface area (Å²) in [6, 6.07) is 6.79. The summed E-state index contributed by atoms with van der Waals surface area (Å²) in [6.45, 7) is 4.82. The lowest BCUT2D eigenvalue weighted by atomic mass is 10.2. The van der Waals surface area contributed by atoms with Crippen LogP contribution >= 0.6 is 0 Å². The van der Waals surface area contributed by atoms with Crippen molar-refractivity contribution in [1.29, 1.82) is 0 Å². The van der Waals surface area contributed by atoms with Crippen LogP contribution in [0, 0.1) is 19.3 Å². The molecule has 0 atom stereocenters. The maximum atomic E-state index is 12.7. The minimum atomic E-state index is -3.59. The highest BCUT2D eigenvalue weighted by Gasteiger charge is 2.40. The van der Waals surface area contributed by atoms with Crippen molar-refractivity contribution in [3.63, 3.8) is 0 Å². The Morgan fingerprint density at radius 3 is 2.52 bits per heavy atom. The van der Waals surface area contributed by atoms with E-state index in [1.54, 1.807) is 24.3 Å². The van der Waals surface area contributed by atoms with Crippen molar-refractivity contribution in [2.75, 3.05) is 19.7 Å². The summed E-state index contributed by atoms with van der Waals surface area (Å²) in [5.41, 5.74) is 0.823. The average Bonchev–Trinajstić information content (AvgIpc) is 3.27. The fourth-order valence-corrected chi connectivity index (χ4v) is 3.67. The van der Waals surface area contributed by atoms with E-state index in [4.69, 9.17) is 11.2 Å². The number of benzene rings is 1. The topological polar surface area (TPSA) is 46.6 Å². The van der Waals surface area contributed by atoms with Gasteiger partial charge >= 0.3 is 0 Å². The van der Waals surface area contributed by atoms with Crippen LogP contribution in [0.4, 0.5) is 0 Å². The molecular weight excluding hydrogens is 310 g/mol. The average molecular weight is 333 g/mol. The molecular formula is C18H23NO3S. The lowest BCUT2D eigenvalue weighted by Crippen LogP contribution is -2.32. The van der Waals surface area contributed by atoms with E-state index in [0.717, 1.165) is 18.4 Å². The van der Waals surface area contributed by atoms with Crippen molar-refractivity contribution in [1.82, 2.24) is 4.31 Å². The van der Waals surface area contributed by atoms with Crippen LogP contribution in [0.25, 0.3) is 0 Å². The maximum absolute atomic E-state index is 12.7. The van der Waals surface area contributed by atoms with Gasteiger partial charge in [-0.2, -0.15) is 4.31 Å². The molecule has 4 nitrogen and oxygen atoms in total. The number of terminal acetylenes is 1. The lowest BCUT2D eigenvalue weighted by molar-refractivity contribution is 0.0775. The number of aryl methyl sites for hydroxylation is 1. The van der Waals surface area contributed by atoms with Crippen LogP contribution in [-0.4, -0.2) is 38.0 Å². The Kier molecular flexibility index (Phi) is 5.64. The summed E-state index contributed by atoms with van der Waals surface area (Å²) >= 11 is 0. The monoisotopic (exact) mass is 333 g/mol. The maximum Gasteiger partial charge on any atom is 0.244 e. The molecule has 0 spiro atoms. The lowest BCUT2D eigenvalue weighted by Gasteiger charge is -2.19. The second-order valence-electron chi connectivity index (χ2n) is 5.71. The molecule has 1 aromatic carbocycles. The van der Waals surface area contributed by atoms with Gasteiger partial charge in [0, 0.05) is 13.2 Å². The Labute approximate surface area is 139 Å². The molecule has 0 N–H and O–H groups in total. The first-order valence-electron chi connectivity index (χ1n) is 7.75. The predicted octanol–water partition coefficient (Wildman–Crippen LogP) is 2.74. The van der Waals surface area contributed by atoms with Crippen LogP contribution < -0.4 is 0 Å². The van der Waals surface area contributed by atoms with Gasteiger partial charge in [-0.1, -0.05) is 35.8 Å². The minimum absolute atomic E-state index is 0.0438. The number of ether oxygens (including phenoxy) is 1. The zero-order chi connectivity index (χ0) is 16.9. The third kappa shape index (κ3) is 4.44. The molecule has 0 aromatic heterocycles. The zero-order valence-electron chi connectivity index (χ0n) is 13.7. The Hall–Kier alpha value is -1.61. The van der Waals surface area contributed by atoms with Crippen LogP contribution in [0.3, 0.4) is 0 Å². The first-order chi connectivity index (χ1) is 10.9. The number of nitrogens with zero attached hydrogens (tertiary/aromatic N) is 1. The van der Waals surface area contributed by atoms with Crippen molar-refractivity contribution < 1.29 is 13.2 Å². The van der Waals surface area contributed by atoms with E-state index in [0.29, 0.717) is 6.61 Å². The van der Waals surface area contributed by atoms with E-state index in [9.17, 15) is 8.42 Å². The van der Waals surface area contributed by atoms with Gasteiger partial charge in [-0.05, 0) is 38.8 Å². The summed E-state index contributed by atoms with van der Waals surface area (Å²) in [7, 11) is -3.59. The van der Waals surface area contributed by atoms with Gasteiger partial charge in [0.15, 0.2) is 0 Å². The van der Waals surface area contributed by atoms with Crippen LogP contribution in [0.15, 0.2) is 41.3 Å². The van der Waals surface area contributed by atoms with Gasteiger partial charge in [-0.3, -0.25) is 0 Å². The second kappa shape index (κ2) is 7.31. The van der Waals surface area contributed by atoms with Gasteiger partial charge in [-0.15, -0.1) is 6.42 Å². The summed E-state index contributed by atoms with van der Waals surface area (Å²) in [4.78, 5) is 0.262. The Bertz CT molecular complexity index is 695. The fraction of sp³-hybridized carbons (Fsp3) is 0.444. The van der Waals surface area contributed by atoms with Gasteiger partial charge in [0.2, 0.25) is 10.0 Å². The summed E-state index contributed by atoms with van der Waals surface area (Å²) in [6.07, 6.45) is 11.1. The smallest absolute Gasteiger partial charge is 0.244 e. The molecule has 0 aliphatic heterocycles. The van der Waals surface area contributed by atoms with E-state index in [2.05, 4.69) is 5.92 Å². The van der Waals surface area contributed by atoms with E-state index in [1.165, 1.54) is 4.31 Å². The van der Waals surface area contributed by atoms with Gasteiger partial charge in [0.05, 0.1) is 17.0 Å². The van der Waals surface area contributed by atoms with E-state index in [-0.39, 0.29) is 23.6 Å². The SMILES string of the molecule is C#CCN(C/C=C/C1(OCC)CC1)S(=O)(=O)c1ccc(C)cc1. The molecule has 1 aromatic rings. The highest BCUT2D eigenvalue weighted by atomic mass is 32.2. The van der Waals surface area contributed by atoms with Crippen molar-refractivity contribution in [2.24, 2.45) is 0 Å². The molecule has 0 amide bonds. The first-order valence-corrected chi connectivity index (χ1v) is 9.19. The molecule has 1 aliphatic carbocycles. The number of hydrogen-bond donors (Lipinski definition) is 0. The highest BCUT2D eigenvalue weighted by molar-refractivity contribution is 7.89. The van der Waals surface area contributed by atoms with Crippen molar-refractivity contribution >= 4 is 10.0 Å². The van der Waals surface area contributed by atoms with Gasteiger partial charge in [0.25, 0.3) is 0 Å². The van der Waals surface area contributed by atoms with Crippen molar-refractivity contribution in [3.05, 3.63) is 42.0 Å². The summed E-state index contributed by atoms with van der Waals surface area (Å²) in [5, 5.41) is 0. The number of hydrogen-bond acceptors (Lipinski definition) is 3. The molecule has 5 heteroatoms. The summed E-state index contributed by atoms with van der Waals surface area (Å²) in [5.74, 6) is 2.43. The zero-order valence-corrected chi connectivity index (χ0v) is 14.5. The molecule has 0 radical (unpaired) electrons. The largest absolute Gasteiger partial charge is 0.371 e. The van der Waals surface area contributed by atoms with Crippen LogP contribution in [0.5, 0.6) is 0 Å². The van der Waals surface area contributed by atoms with Gasteiger partial charge in [0.1, 0.15) is 0 Å². The highest BCUT2D eigenvalue weighted by Crippen LogP contribution is 2.40. The van der Waals surface area contributed by atoms with Crippen molar-refractivity contribution in [3.8, 4) is 12.3 Å². The standard InChI is InChI=1S/C18H23NO3S/c1-4-14-19(15-6-11-18(12-13-18)22-5-2)23(20,21)17-9-7-16(3)8-10-17/h1,6-11H,5,12-15H2,2-3H3/b11-6+. The molecule has 0 bridgehead atoms. The third-order valence-corrected chi connectivity index (χ3v) is 5.66. The quantitative estimate of drug-likeness (QED) is 0.543. The molecule has 0 saturated heterocycles. The van der Waals surface area contributed by atoms with Gasteiger partial charge in [-0.25, -0.2) is 8.42 Å². The molecule has 1 aliphatic rings. The molecule has 124 valence electrons. The minimum Gasteiger partial charge on any atom is -0.371 e. The second-order valence-corrected chi connectivity index (χ2v) is 7.65. The van der Waals surface area contributed by atoms with E-state index in [1.807, 2.05) is 26.0 Å². The molecule has 0 heterocycles. The molecule has 23 heavy (non-hydrogen) atoms. The molecule has 0 unspecified atom stereocenters. The molecule has 1 saturated carbocycles. The summed E-state index contributed by atoms with van der Waals surface area (Å²) < 4.78 is 32.4. The van der Waals surface area contributed by atoms with Gasteiger partial charge < -0.3 is 4.74 Å². The van der Waals surface area contributed by atoms with Crippen LogP contribution in [0.2, 0.25) is 0 Å². The normalized spacial score (nSPS) is 16.6. The Balaban J connectivity index is 2.13. The first kappa shape index (κ1) is 17.7. The fourth-order valence-electron chi connectivity index (χ4n) is 2.36. The molecule has 1 fully saturated rings. The van der Waals surface area contributed by atoms with Crippen LogP contribution in [-0.2, 0) is 14.8 Å². The van der Waals surface area contributed by atoms with E-state index >= 15 is 0 Å². The number of rotatable bonds is 8. The van der Waals surface area contributed by atoms with E-state index < -0.39 is 10.0 Å². The predicted molar refractivity (Wildman–Crippen MR) is 91.5 cm³/mol. The third-order valence-electron chi connectivity index (χ3n) is 3.83. The Morgan fingerprint density at radius 2 is 2.00 bits per heavy atom. The van der Waals surface area contributed by atoms with Crippen LogP contribution in [0.1, 0.15) is 25.3 Å². The number of sulfonamides is 1.